The van der Waals surface area contributed by atoms with Gasteiger partial charge in [-0.2, -0.15) is 0 Å². The van der Waals surface area contributed by atoms with E-state index in [4.69, 9.17) is 5.41 Å². The number of hydrogen-bond donors (Lipinski definition) is 3. The van der Waals surface area contributed by atoms with Gasteiger partial charge in [0.1, 0.15) is 5.82 Å². The number of pyridine rings is 2. The molecule has 0 aliphatic rings. The molecular formula is C20H17FN4O. The van der Waals surface area contributed by atoms with Crippen LogP contribution in [0.2, 0.25) is 0 Å². The summed E-state index contributed by atoms with van der Waals surface area (Å²) in [5.41, 5.74) is 2.09. The first-order valence-corrected chi connectivity index (χ1v) is 7.99. The van der Waals surface area contributed by atoms with E-state index in [0.717, 1.165) is 0 Å². The summed E-state index contributed by atoms with van der Waals surface area (Å²) in [5.74, 6) is -0.450. The Kier molecular flexibility index (Phi) is 5.34. The van der Waals surface area contributed by atoms with Gasteiger partial charge in [0.2, 0.25) is 5.88 Å². The Morgan fingerprint density at radius 2 is 1.81 bits per heavy atom. The summed E-state index contributed by atoms with van der Waals surface area (Å²) in [6.07, 6.45) is 3.17. The summed E-state index contributed by atoms with van der Waals surface area (Å²) in [7, 11) is 0. The molecule has 0 spiro atoms. The molecule has 0 aliphatic carbocycles. The molecule has 3 aromatic rings. The Labute approximate surface area is 150 Å². The fraction of sp³-hybridized carbons (Fsp3) is 0.0500. The molecule has 5 nitrogen and oxygen atoms in total. The van der Waals surface area contributed by atoms with Crippen LogP contribution >= 0.6 is 0 Å². The van der Waals surface area contributed by atoms with E-state index in [0.29, 0.717) is 22.6 Å². The number of hydrogen-bond acceptors (Lipinski definition) is 5. The summed E-state index contributed by atoms with van der Waals surface area (Å²) in [5, 5.41) is 21.0. The van der Waals surface area contributed by atoms with Crippen LogP contribution in [0.15, 0.2) is 72.9 Å². The lowest BCUT2D eigenvalue weighted by Crippen LogP contribution is -2.15. The molecule has 3 N–H and O–H groups in total. The molecule has 0 fully saturated rings. The first kappa shape index (κ1) is 17.3. The molecule has 0 amide bonds. The Bertz CT molecular complexity index is 941. The quantitative estimate of drug-likeness (QED) is 0.595. The second-order valence-corrected chi connectivity index (χ2v) is 5.51. The highest BCUT2D eigenvalue weighted by Crippen LogP contribution is 2.15. The topological polar surface area (TPSA) is 81.9 Å². The van der Waals surface area contributed by atoms with Crippen molar-refractivity contribution in [3.8, 4) is 5.88 Å². The molecule has 130 valence electrons. The van der Waals surface area contributed by atoms with Crippen LogP contribution in [0.25, 0.3) is 5.70 Å². The van der Waals surface area contributed by atoms with Gasteiger partial charge in [-0.1, -0.05) is 30.3 Å². The van der Waals surface area contributed by atoms with Gasteiger partial charge in [-0.05, 0) is 30.3 Å². The van der Waals surface area contributed by atoms with E-state index in [1.54, 1.807) is 60.8 Å². The van der Waals surface area contributed by atoms with Crippen LogP contribution in [0.1, 0.15) is 17.0 Å². The van der Waals surface area contributed by atoms with Crippen LogP contribution in [0, 0.1) is 11.2 Å². The van der Waals surface area contributed by atoms with Gasteiger partial charge >= 0.3 is 0 Å². The lowest BCUT2D eigenvalue weighted by atomic mass is 10.1. The molecule has 0 radical (unpaired) electrons. The minimum absolute atomic E-state index is 0.134. The molecule has 3 rings (SSSR count). The number of aromatic hydroxyl groups is 1. The maximum absolute atomic E-state index is 13.9. The lowest BCUT2D eigenvalue weighted by molar-refractivity contribution is 0.452. The van der Waals surface area contributed by atoms with Crippen molar-refractivity contribution in [3.63, 3.8) is 0 Å². The number of halogens is 1. The average molecular weight is 348 g/mol. The third-order valence-electron chi connectivity index (χ3n) is 3.67. The van der Waals surface area contributed by atoms with Crippen molar-refractivity contribution < 1.29 is 9.50 Å². The fourth-order valence-electron chi connectivity index (χ4n) is 2.36. The van der Waals surface area contributed by atoms with Crippen molar-refractivity contribution in [2.45, 2.75) is 6.54 Å². The third kappa shape index (κ3) is 4.30. The predicted molar refractivity (Wildman–Crippen MR) is 98.2 cm³/mol. The molecule has 26 heavy (non-hydrogen) atoms. The van der Waals surface area contributed by atoms with Gasteiger partial charge in [-0.25, -0.2) is 9.37 Å². The average Bonchev–Trinajstić information content (AvgIpc) is 2.67. The minimum atomic E-state index is -0.317. The molecule has 0 saturated carbocycles. The minimum Gasteiger partial charge on any atom is -0.493 e. The summed E-state index contributed by atoms with van der Waals surface area (Å²) in [6, 6.07) is 16.6. The van der Waals surface area contributed by atoms with Gasteiger partial charge in [-0.15, -0.1) is 0 Å². The number of nitrogens with zero attached hydrogens (tertiary/aromatic N) is 2. The van der Waals surface area contributed by atoms with Gasteiger partial charge in [0, 0.05) is 24.4 Å². The van der Waals surface area contributed by atoms with Crippen molar-refractivity contribution in [1.82, 2.24) is 15.3 Å². The van der Waals surface area contributed by atoms with Crippen molar-refractivity contribution in [1.29, 1.82) is 5.41 Å². The van der Waals surface area contributed by atoms with Gasteiger partial charge in [-0.3, -0.25) is 10.4 Å². The highest BCUT2D eigenvalue weighted by atomic mass is 19.1. The van der Waals surface area contributed by atoms with Gasteiger partial charge in [0.15, 0.2) is 0 Å². The normalized spacial score (nSPS) is 11.2. The maximum Gasteiger partial charge on any atom is 0.211 e. The van der Waals surface area contributed by atoms with Gasteiger partial charge in [0.25, 0.3) is 0 Å². The second-order valence-electron chi connectivity index (χ2n) is 5.51. The van der Waals surface area contributed by atoms with E-state index < -0.39 is 0 Å². The Hall–Kier alpha value is -3.54. The van der Waals surface area contributed by atoms with Crippen LogP contribution in [0.3, 0.4) is 0 Å². The molecule has 0 unspecified atom stereocenters. The lowest BCUT2D eigenvalue weighted by Gasteiger charge is -2.12. The van der Waals surface area contributed by atoms with Gasteiger partial charge in [0.05, 0.1) is 22.8 Å². The van der Waals surface area contributed by atoms with Crippen LogP contribution < -0.4 is 5.32 Å². The van der Waals surface area contributed by atoms with E-state index in [2.05, 4.69) is 15.3 Å². The van der Waals surface area contributed by atoms with E-state index in [9.17, 15) is 9.50 Å². The Balaban J connectivity index is 1.90. The largest absolute Gasteiger partial charge is 0.493 e. The van der Waals surface area contributed by atoms with Crippen molar-refractivity contribution in [2.75, 3.05) is 0 Å². The number of allylic oxidation sites excluding steroid dienone is 1. The van der Waals surface area contributed by atoms with Crippen LogP contribution in [0.5, 0.6) is 5.88 Å². The molecule has 6 heteroatoms. The SMILES string of the molecule is N=C(/C=C(\NCc1ccccc1F)c1cccc(O)n1)c1ccccn1. The summed E-state index contributed by atoms with van der Waals surface area (Å²) < 4.78 is 13.9. The Morgan fingerprint density at radius 1 is 1.04 bits per heavy atom. The summed E-state index contributed by atoms with van der Waals surface area (Å²) in [6.45, 7) is 0.214. The molecule has 1 aromatic carbocycles. The number of nitrogens with one attached hydrogen (secondary N) is 2. The molecule has 2 heterocycles. The van der Waals surface area contributed by atoms with E-state index in [1.807, 2.05) is 0 Å². The van der Waals surface area contributed by atoms with E-state index >= 15 is 0 Å². The predicted octanol–water partition coefficient (Wildman–Crippen LogP) is 3.52. The van der Waals surface area contributed by atoms with E-state index in [-0.39, 0.29) is 24.0 Å². The molecule has 2 aromatic heterocycles. The highest BCUT2D eigenvalue weighted by Gasteiger charge is 2.09. The molecular weight excluding hydrogens is 331 g/mol. The summed E-state index contributed by atoms with van der Waals surface area (Å²) >= 11 is 0. The van der Waals surface area contributed by atoms with Crippen molar-refractivity contribution >= 4 is 11.4 Å². The van der Waals surface area contributed by atoms with E-state index in [1.165, 1.54) is 12.1 Å². The molecule has 0 atom stereocenters. The standard InChI is InChI=1S/C20H17FN4O/c21-15-7-2-1-6-14(15)13-24-19(18-9-5-10-20(26)25-18)12-16(22)17-8-3-4-11-23-17/h1-12,22,24H,13H2,(H,25,26)/b19-12-,22-16?. The third-order valence-corrected chi connectivity index (χ3v) is 3.67. The maximum atomic E-state index is 13.9. The first-order chi connectivity index (χ1) is 12.6. The first-order valence-electron chi connectivity index (χ1n) is 7.99. The van der Waals surface area contributed by atoms with Crippen molar-refractivity contribution in [3.05, 3.63) is 95.7 Å². The zero-order valence-electron chi connectivity index (χ0n) is 13.9. The smallest absolute Gasteiger partial charge is 0.211 e. The second kappa shape index (κ2) is 8.02. The number of aromatic nitrogens is 2. The van der Waals surface area contributed by atoms with Crippen LogP contribution in [-0.2, 0) is 6.54 Å². The molecule has 0 aliphatic heterocycles. The fourth-order valence-corrected chi connectivity index (χ4v) is 2.36. The molecule has 0 saturated heterocycles. The van der Waals surface area contributed by atoms with Crippen molar-refractivity contribution in [2.24, 2.45) is 0 Å². The Morgan fingerprint density at radius 3 is 2.54 bits per heavy atom. The van der Waals surface area contributed by atoms with Crippen LogP contribution in [-0.4, -0.2) is 20.8 Å². The highest BCUT2D eigenvalue weighted by molar-refractivity contribution is 6.08. The zero-order chi connectivity index (χ0) is 18.4. The monoisotopic (exact) mass is 348 g/mol. The number of rotatable bonds is 6. The number of benzene rings is 1. The molecule has 0 bridgehead atoms. The van der Waals surface area contributed by atoms with Crippen LogP contribution in [0.4, 0.5) is 4.39 Å². The zero-order valence-corrected chi connectivity index (χ0v) is 13.9. The summed E-state index contributed by atoms with van der Waals surface area (Å²) in [4.78, 5) is 8.22. The van der Waals surface area contributed by atoms with Gasteiger partial charge < -0.3 is 10.4 Å².